The third kappa shape index (κ3) is 3.17. The Bertz CT molecular complexity index is 1030. The highest BCUT2D eigenvalue weighted by Gasteiger charge is 2.19. The normalized spacial score (nSPS) is 15.1. The van der Waals surface area contributed by atoms with Gasteiger partial charge in [0.1, 0.15) is 5.65 Å². The van der Waals surface area contributed by atoms with Gasteiger partial charge in [-0.1, -0.05) is 24.3 Å². The summed E-state index contributed by atoms with van der Waals surface area (Å²) in [5.41, 5.74) is 3.14. The van der Waals surface area contributed by atoms with Crippen LogP contribution in [0.25, 0.3) is 10.5 Å². The summed E-state index contributed by atoms with van der Waals surface area (Å²) >= 11 is 0. The fourth-order valence-corrected chi connectivity index (χ4v) is 3.39. The van der Waals surface area contributed by atoms with Gasteiger partial charge in [0.25, 0.3) is 5.56 Å². The summed E-state index contributed by atoms with van der Waals surface area (Å²) in [7, 11) is 0. The van der Waals surface area contributed by atoms with Gasteiger partial charge in [-0.15, -0.1) is 0 Å². The monoisotopic (exact) mass is 345 g/mol. The number of para-hydroxylation sites is 2. The largest absolute Gasteiger partial charge is 0.378 e. The second kappa shape index (κ2) is 6.98. The summed E-state index contributed by atoms with van der Waals surface area (Å²) in [6, 6.07) is 14.9. The summed E-state index contributed by atoms with van der Waals surface area (Å²) in [6.45, 7) is 11.5. The van der Waals surface area contributed by atoms with Gasteiger partial charge in [-0.3, -0.25) is 14.1 Å². The van der Waals surface area contributed by atoms with Crippen molar-refractivity contribution in [3.05, 3.63) is 82.2 Å². The van der Waals surface area contributed by atoms with Crippen molar-refractivity contribution in [1.82, 2.24) is 14.3 Å². The van der Waals surface area contributed by atoms with Crippen molar-refractivity contribution < 1.29 is 0 Å². The van der Waals surface area contributed by atoms with Gasteiger partial charge in [0.2, 0.25) is 5.69 Å². The molecule has 4 rings (SSSR count). The zero-order valence-corrected chi connectivity index (χ0v) is 14.4. The Balaban J connectivity index is 1.46. The third-order valence-corrected chi connectivity index (χ3v) is 4.72. The number of benzene rings is 1. The van der Waals surface area contributed by atoms with E-state index in [0.29, 0.717) is 17.9 Å². The maximum Gasteiger partial charge on any atom is 0.258 e. The molecule has 0 bridgehead atoms. The van der Waals surface area contributed by atoms with Gasteiger partial charge < -0.3 is 4.90 Å². The second-order valence-electron chi connectivity index (χ2n) is 6.38. The molecule has 0 amide bonds. The minimum atomic E-state index is -0.0461. The van der Waals surface area contributed by atoms with Crippen molar-refractivity contribution in [2.45, 2.75) is 6.54 Å². The third-order valence-electron chi connectivity index (χ3n) is 4.72. The van der Waals surface area contributed by atoms with E-state index < -0.39 is 0 Å². The average molecular weight is 345 g/mol. The minimum Gasteiger partial charge on any atom is -0.378 e. The van der Waals surface area contributed by atoms with Gasteiger partial charge in [0.15, 0.2) is 0 Å². The molecule has 0 aliphatic carbocycles. The molecule has 0 spiro atoms. The summed E-state index contributed by atoms with van der Waals surface area (Å²) in [5, 5.41) is 0. The Kier molecular flexibility index (Phi) is 4.38. The van der Waals surface area contributed by atoms with E-state index in [9.17, 15) is 4.79 Å². The first-order chi connectivity index (χ1) is 12.7. The first kappa shape index (κ1) is 16.3. The standard InChI is InChI=1S/C20H19N5O/c1-21-17-6-2-3-7-18(17)24-12-10-23(11-13-24)15-16-14-20(26)25-9-5-4-8-19(25)22-16/h2-9,14H,10-13,15H2. The summed E-state index contributed by atoms with van der Waals surface area (Å²) < 4.78 is 1.56. The lowest BCUT2D eigenvalue weighted by atomic mass is 10.2. The zero-order valence-electron chi connectivity index (χ0n) is 14.4. The molecular formula is C20H19N5O. The Morgan fingerprint density at radius 1 is 1.04 bits per heavy atom. The highest BCUT2D eigenvalue weighted by atomic mass is 16.1. The van der Waals surface area contributed by atoms with Crippen LogP contribution in [0.3, 0.4) is 0 Å². The molecule has 26 heavy (non-hydrogen) atoms. The van der Waals surface area contributed by atoms with Crippen molar-refractivity contribution in [3.63, 3.8) is 0 Å². The van der Waals surface area contributed by atoms with Crippen LogP contribution in [0, 0.1) is 6.57 Å². The van der Waals surface area contributed by atoms with Gasteiger partial charge in [0, 0.05) is 50.7 Å². The van der Waals surface area contributed by atoms with Crippen molar-refractivity contribution in [3.8, 4) is 0 Å². The highest BCUT2D eigenvalue weighted by molar-refractivity contribution is 5.70. The molecule has 0 radical (unpaired) electrons. The van der Waals surface area contributed by atoms with Gasteiger partial charge in [-0.2, -0.15) is 0 Å². The molecule has 0 unspecified atom stereocenters. The Hall–Kier alpha value is -3.17. The molecule has 130 valence electrons. The van der Waals surface area contributed by atoms with Crippen LogP contribution in [-0.2, 0) is 6.54 Å². The molecule has 0 atom stereocenters. The predicted octanol–water partition coefficient (Wildman–Crippen LogP) is 2.57. The maximum atomic E-state index is 12.2. The van der Waals surface area contributed by atoms with Crippen LogP contribution in [-0.4, -0.2) is 40.5 Å². The average Bonchev–Trinajstić information content (AvgIpc) is 2.69. The van der Waals surface area contributed by atoms with Crippen molar-refractivity contribution >= 4 is 17.0 Å². The number of fused-ring (bicyclic) bond motifs is 1. The molecule has 0 saturated carbocycles. The van der Waals surface area contributed by atoms with E-state index in [-0.39, 0.29) is 5.56 Å². The molecule has 1 saturated heterocycles. The van der Waals surface area contributed by atoms with Crippen LogP contribution in [0.15, 0.2) is 59.5 Å². The number of piperazine rings is 1. The first-order valence-electron chi connectivity index (χ1n) is 8.66. The molecule has 6 nitrogen and oxygen atoms in total. The van der Waals surface area contributed by atoms with Gasteiger partial charge in [0.05, 0.1) is 12.3 Å². The summed E-state index contributed by atoms with van der Waals surface area (Å²) in [5.74, 6) is 0. The number of pyridine rings is 1. The van der Waals surface area contributed by atoms with E-state index in [1.807, 2.05) is 42.5 Å². The number of nitrogens with zero attached hydrogens (tertiary/aromatic N) is 5. The van der Waals surface area contributed by atoms with Gasteiger partial charge in [-0.05, 0) is 18.2 Å². The van der Waals surface area contributed by atoms with Crippen LogP contribution in [0.2, 0.25) is 0 Å². The van der Waals surface area contributed by atoms with E-state index in [4.69, 9.17) is 6.57 Å². The molecule has 3 aromatic rings. The Morgan fingerprint density at radius 3 is 2.62 bits per heavy atom. The summed E-state index contributed by atoms with van der Waals surface area (Å²) in [4.78, 5) is 25.0. The molecule has 1 aromatic carbocycles. The van der Waals surface area contributed by atoms with E-state index in [2.05, 4.69) is 19.6 Å². The molecule has 2 aromatic heterocycles. The van der Waals surface area contributed by atoms with Crippen LogP contribution in [0.1, 0.15) is 5.69 Å². The number of anilines is 1. The molecule has 3 heterocycles. The van der Waals surface area contributed by atoms with Gasteiger partial charge >= 0.3 is 0 Å². The van der Waals surface area contributed by atoms with Crippen molar-refractivity contribution in [1.29, 1.82) is 0 Å². The fourth-order valence-electron chi connectivity index (χ4n) is 3.39. The Labute approximate surface area is 151 Å². The molecule has 6 heteroatoms. The van der Waals surface area contributed by atoms with Crippen LogP contribution >= 0.6 is 0 Å². The molecule has 1 aliphatic heterocycles. The van der Waals surface area contributed by atoms with Crippen LogP contribution < -0.4 is 10.5 Å². The van der Waals surface area contributed by atoms with Crippen LogP contribution in [0.4, 0.5) is 11.4 Å². The SMILES string of the molecule is [C-]#[N+]c1ccccc1N1CCN(Cc2cc(=O)n3ccccc3n2)CC1. The number of aromatic nitrogens is 2. The number of hydrogen-bond acceptors (Lipinski definition) is 4. The number of hydrogen-bond donors (Lipinski definition) is 0. The zero-order chi connectivity index (χ0) is 17.9. The topological polar surface area (TPSA) is 45.2 Å². The maximum absolute atomic E-state index is 12.2. The smallest absolute Gasteiger partial charge is 0.258 e. The van der Waals surface area contributed by atoms with E-state index in [0.717, 1.165) is 37.6 Å². The summed E-state index contributed by atoms with van der Waals surface area (Å²) in [6.07, 6.45) is 1.74. The molecular weight excluding hydrogens is 326 g/mol. The lowest BCUT2D eigenvalue weighted by Gasteiger charge is -2.36. The quantitative estimate of drug-likeness (QED) is 0.685. The molecule has 1 aliphatic rings. The van der Waals surface area contributed by atoms with E-state index in [1.54, 1.807) is 16.7 Å². The molecule has 0 N–H and O–H groups in total. The van der Waals surface area contributed by atoms with E-state index in [1.165, 1.54) is 0 Å². The van der Waals surface area contributed by atoms with Crippen LogP contribution in [0.5, 0.6) is 0 Å². The lowest BCUT2D eigenvalue weighted by Crippen LogP contribution is -2.46. The van der Waals surface area contributed by atoms with Gasteiger partial charge in [-0.25, -0.2) is 9.83 Å². The minimum absolute atomic E-state index is 0.0461. The Morgan fingerprint density at radius 2 is 1.81 bits per heavy atom. The predicted molar refractivity (Wildman–Crippen MR) is 102 cm³/mol. The fraction of sp³-hybridized carbons (Fsp3) is 0.250. The van der Waals surface area contributed by atoms with Crippen molar-refractivity contribution in [2.75, 3.05) is 31.1 Å². The molecule has 1 fully saturated rings. The van der Waals surface area contributed by atoms with E-state index >= 15 is 0 Å². The number of rotatable bonds is 3. The second-order valence-corrected chi connectivity index (χ2v) is 6.38. The lowest BCUT2D eigenvalue weighted by molar-refractivity contribution is 0.247. The first-order valence-corrected chi connectivity index (χ1v) is 8.66. The highest BCUT2D eigenvalue weighted by Crippen LogP contribution is 2.29. The van der Waals surface area contributed by atoms with Crippen molar-refractivity contribution in [2.24, 2.45) is 0 Å².